The zero-order valence-electron chi connectivity index (χ0n) is 15.3. The van der Waals surface area contributed by atoms with Crippen LogP contribution in [-0.2, 0) is 24.8 Å². The molecule has 0 fully saturated rings. The van der Waals surface area contributed by atoms with Crippen LogP contribution in [0.3, 0.4) is 0 Å². The van der Waals surface area contributed by atoms with E-state index in [-0.39, 0.29) is 18.1 Å². The van der Waals surface area contributed by atoms with E-state index in [0.717, 1.165) is 16.8 Å². The van der Waals surface area contributed by atoms with E-state index in [1.807, 2.05) is 27.0 Å². The molecule has 25 heavy (non-hydrogen) atoms. The zero-order chi connectivity index (χ0) is 18.1. The largest absolute Gasteiger partial charge is 0.495 e. The van der Waals surface area contributed by atoms with E-state index in [1.165, 1.54) is 0 Å². The van der Waals surface area contributed by atoms with Crippen molar-refractivity contribution < 1.29 is 14.3 Å². The van der Waals surface area contributed by atoms with E-state index in [2.05, 4.69) is 10.1 Å². The Morgan fingerprint density at radius 1 is 1.44 bits per heavy atom. The highest BCUT2D eigenvalue weighted by molar-refractivity contribution is 5.94. The van der Waals surface area contributed by atoms with Gasteiger partial charge in [0.25, 0.3) is 5.91 Å². The van der Waals surface area contributed by atoms with E-state index in [1.54, 1.807) is 36.1 Å². The van der Waals surface area contributed by atoms with Gasteiger partial charge >= 0.3 is 0 Å². The van der Waals surface area contributed by atoms with Crippen molar-refractivity contribution in [3.63, 3.8) is 0 Å². The Kier molecular flexibility index (Phi) is 4.76. The maximum Gasteiger partial charge on any atom is 0.272 e. The molecule has 1 aliphatic rings. The number of amides is 1. The number of ether oxygens (including phenoxy) is 2. The smallest absolute Gasteiger partial charge is 0.272 e. The Bertz CT molecular complexity index is 787. The molecule has 0 spiro atoms. The minimum Gasteiger partial charge on any atom is -0.495 e. The predicted octanol–water partition coefficient (Wildman–Crippen LogP) is 2.12. The normalized spacial score (nSPS) is 19.4. The maximum absolute atomic E-state index is 13.0. The number of aryl methyl sites for hydroxylation is 1. The number of fused-ring (bicyclic) bond motifs is 1. The average Bonchev–Trinajstić information content (AvgIpc) is 2.90. The van der Waals surface area contributed by atoms with Crippen LogP contribution >= 0.6 is 0 Å². The summed E-state index contributed by atoms with van der Waals surface area (Å²) < 4.78 is 12.7. The fourth-order valence-corrected chi connectivity index (χ4v) is 3.32. The number of hydrogen-bond acceptors (Lipinski definition) is 5. The minimum absolute atomic E-state index is 0.0552. The summed E-state index contributed by atoms with van der Waals surface area (Å²) in [6, 6.07) is 1.88. The Morgan fingerprint density at radius 2 is 2.20 bits per heavy atom. The molecule has 0 saturated carbocycles. The third-order valence-electron chi connectivity index (χ3n) is 4.46. The highest BCUT2D eigenvalue weighted by Crippen LogP contribution is 2.31. The number of pyridine rings is 1. The van der Waals surface area contributed by atoms with E-state index in [4.69, 9.17) is 9.47 Å². The van der Waals surface area contributed by atoms with Gasteiger partial charge in [0.2, 0.25) is 0 Å². The molecule has 0 radical (unpaired) electrons. The van der Waals surface area contributed by atoms with Crippen molar-refractivity contribution in [2.75, 3.05) is 14.2 Å². The molecule has 1 amide bonds. The molecule has 1 aliphatic heterocycles. The molecule has 134 valence electrons. The predicted molar refractivity (Wildman–Crippen MR) is 92.5 cm³/mol. The van der Waals surface area contributed by atoms with Gasteiger partial charge < -0.3 is 14.4 Å². The molecule has 2 atom stereocenters. The lowest BCUT2D eigenvalue weighted by Gasteiger charge is -2.25. The van der Waals surface area contributed by atoms with Gasteiger partial charge in [0, 0.05) is 38.8 Å². The first-order valence-corrected chi connectivity index (χ1v) is 8.35. The van der Waals surface area contributed by atoms with Crippen LogP contribution in [0.15, 0.2) is 18.5 Å². The summed E-state index contributed by atoms with van der Waals surface area (Å²) in [5.41, 5.74) is 3.40. The van der Waals surface area contributed by atoms with Gasteiger partial charge in [0.15, 0.2) is 0 Å². The second-order valence-electron chi connectivity index (χ2n) is 6.52. The zero-order valence-corrected chi connectivity index (χ0v) is 15.3. The lowest BCUT2D eigenvalue weighted by atomic mass is 9.99. The van der Waals surface area contributed by atoms with Crippen molar-refractivity contribution in [1.82, 2.24) is 19.7 Å². The van der Waals surface area contributed by atoms with Crippen LogP contribution in [0, 0.1) is 0 Å². The number of aromatic nitrogens is 3. The van der Waals surface area contributed by atoms with Crippen LogP contribution in [0.1, 0.15) is 47.3 Å². The first-order valence-electron chi connectivity index (χ1n) is 8.35. The Labute approximate surface area is 147 Å². The van der Waals surface area contributed by atoms with Gasteiger partial charge in [-0.1, -0.05) is 0 Å². The van der Waals surface area contributed by atoms with E-state index in [9.17, 15) is 4.79 Å². The highest BCUT2D eigenvalue weighted by atomic mass is 16.5. The fourth-order valence-electron chi connectivity index (χ4n) is 3.32. The van der Waals surface area contributed by atoms with E-state index in [0.29, 0.717) is 24.4 Å². The number of nitrogens with zero attached hydrogens (tertiary/aromatic N) is 4. The Balaban J connectivity index is 1.85. The number of carbonyl (C=O) groups is 1. The molecule has 0 aliphatic carbocycles. The molecule has 0 aromatic carbocycles. The Morgan fingerprint density at radius 3 is 2.92 bits per heavy atom. The number of carbonyl (C=O) groups excluding carboxylic acids is 1. The van der Waals surface area contributed by atoms with Gasteiger partial charge in [-0.2, -0.15) is 5.10 Å². The first-order chi connectivity index (χ1) is 11.9. The monoisotopic (exact) mass is 344 g/mol. The van der Waals surface area contributed by atoms with Crippen LogP contribution in [0.5, 0.6) is 5.75 Å². The molecule has 0 bridgehead atoms. The molecule has 0 saturated heterocycles. The molecule has 7 heteroatoms. The molecule has 3 rings (SSSR count). The van der Waals surface area contributed by atoms with Crippen molar-refractivity contribution in [3.05, 3.63) is 41.0 Å². The van der Waals surface area contributed by atoms with Crippen LogP contribution in [-0.4, -0.2) is 45.8 Å². The summed E-state index contributed by atoms with van der Waals surface area (Å²) in [6.07, 6.45) is 4.06. The summed E-state index contributed by atoms with van der Waals surface area (Å²) in [6.45, 7) is 4.44. The summed E-state index contributed by atoms with van der Waals surface area (Å²) in [5, 5.41) is 4.52. The van der Waals surface area contributed by atoms with Gasteiger partial charge in [-0.15, -0.1) is 0 Å². The van der Waals surface area contributed by atoms with Crippen molar-refractivity contribution in [2.45, 2.75) is 39.0 Å². The third kappa shape index (κ3) is 3.37. The SMILES string of the molecule is COc1cncc(CN(C)C(=O)c2c3c(nn2C)[C@H](C)O[C@H](C)C3)c1. The molecule has 7 nitrogen and oxygen atoms in total. The average molecular weight is 344 g/mol. The van der Waals surface area contributed by atoms with Gasteiger partial charge in [-0.3, -0.25) is 14.5 Å². The molecule has 2 aromatic rings. The molecule has 3 heterocycles. The van der Waals surface area contributed by atoms with Crippen molar-refractivity contribution in [1.29, 1.82) is 0 Å². The maximum atomic E-state index is 13.0. The van der Waals surface area contributed by atoms with Crippen molar-refractivity contribution >= 4 is 5.91 Å². The van der Waals surface area contributed by atoms with Gasteiger partial charge in [0.1, 0.15) is 11.4 Å². The van der Waals surface area contributed by atoms with Crippen molar-refractivity contribution in [2.24, 2.45) is 7.05 Å². The van der Waals surface area contributed by atoms with E-state index < -0.39 is 0 Å². The molecular formula is C18H24N4O3. The lowest BCUT2D eigenvalue weighted by Crippen LogP contribution is -2.30. The summed E-state index contributed by atoms with van der Waals surface area (Å²) >= 11 is 0. The second-order valence-corrected chi connectivity index (χ2v) is 6.52. The number of methoxy groups -OCH3 is 1. The molecule has 2 aromatic heterocycles. The van der Waals surface area contributed by atoms with Gasteiger partial charge in [0.05, 0.1) is 31.2 Å². The van der Waals surface area contributed by atoms with Crippen LogP contribution < -0.4 is 4.74 Å². The standard InChI is InChI=1S/C18H24N4O3/c1-11-6-15-16(12(2)25-11)20-22(4)17(15)18(23)21(3)10-13-7-14(24-5)9-19-8-13/h7-9,11-12H,6,10H2,1-5H3/t11-,12+/m1/s1. The summed E-state index contributed by atoms with van der Waals surface area (Å²) in [5.74, 6) is 0.622. The summed E-state index contributed by atoms with van der Waals surface area (Å²) in [7, 11) is 5.19. The fraction of sp³-hybridized carbons (Fsp3) is 0.500. The quantitative estimate of drug-likeness (QED) is 0.850. The van der Waals surface area contributed by atoms with Gasteiger partial charge in [-0.25, -0.2) is 0 Å². The van der Waals surface area contributed by atoms with Crippen LogP contribution in [0.25, 0.3) is 0 Å². The van der Waals surface area contributed by atoms with Gasteiger partial charge in [-0.05, 0) is 25.5 Å². The second kappa shape index (κ2) is 6.84. The topological polar surface area (TPSA) is 69.5 Å². The number of hydrogen-bond donors (Lipinski definition) is 0. The summed E-state index contributed by atoms with van der Waals surface area (Å²) in [4.78, 5) is 18.9. The van der Waals surface area contributed by atoms with Crippen LogP contribution in [0.2, 0.25) is 0 Å². The number of rotatable bonds is 4. The Hall–Kier alpha value is -2.41. The molecule has 0 unspecified atom stereocenters. The van der Waals surface area contributed by atoms with Crippen LogP contribution in [0.4, 0.5) is 0 Å². The van der Waals surface area contributed by atoms with Crippen molar-refractivity contribution in [3.8, 4) is 5.75 Å². The third-order valence-corrected chi connectivity index (χ3v) is 4.46. The molecular weight excluding hydrogens is 320 g/mol. The lowest BCUT2D eigenvalue weighted by molar-refractivity contribution is -0.00713. The highest BCUT2D eigenvalue weighted by Gasteiger charge is 2.32. The molecule has 0 N–H and O–H groups in total. The van der Waals surface area contributed by atoms with E-state index >= 15 is 0 Å². The minimum atomic E-state index is -0.0978. The first kappa shape index (κ1) is 17.4.